The van der Waals surface area contributed by atoms with Crippen molar-refractivity contribution in [2.24, 2.45) is 0 Å². The molecule has 8 heteroatoms. The fourth-order valence-corrected chi connectivity index (χ4v) is 2.17. The Kier molecular flexibility index (Phi) is 5.38. The number of amides is 1. The van der Waals surface area contributed by atoms with Crippen LogP contribution in [0.25, 0.3) is 0 Å². The highest BCUT2D eigenvalue weighted by molar-refractivity contribution is 9.10. The summed E-state index contributed by atoms with van der Waals surface area (Å²) in [6.07, 6.45) is -4.49. The lowest BCUT2D eigenvalue weighted by molar-refractivity contribution is -0.140. The van der Waals surface area contributed by atoms with Gasteiger partial charge in [0.25, 0.3) is 0 Å². The molecular formula is C13H13BrF3NO3. The average molecular weight is 368 g/mol. The summed E-state index contributed by atoms with van der Waals surface area (Å²) in [7, 11) is 0. The van der Waals surface area contributed by atoms with Crippen LogP contribution in [0, 0.1) is 0 Å². The molecule has 1 amide bonds. The number of carboxylic acid groups (broad SMARTS) is 1. The molecule has 116 valence electrons. The van der Waals surface area contributed by atoms with Crippen molar-refractivity contribution in [3.63, 3.8) is 0 Å². The van der Waals surface area contributed by atoms with Crippen LogP contribution in [0.15, 0.2) is 24.3 Å². The first kappa shape index (κ1) is 17.5. The zero-order valence-electron chi connectivity index (χ0n) is 11.0. The number of nitrogens with one attached hydrogen (secondary N) is 1. The summed E-state index contributed by atoms with van der Waals surface area (Å²) in [5.41, 5.74) is -0.679. The van der Waals surface area contributed by atoms with Gasteiger partial charge < -0.3 is 10.4 Å². The van der Waals surface area contributed by atoms with Crippen LogP contribution in [0.4, 0.5) is 13.2 Å². The molecular weight excluding hydrogens is 355 g/mol. The molecule has 0 aliphatic carbocycles. The minimum absolute atomic E-state index is 0.00667. The Morgan fingerprint density at radius 1 is 1.19 bits per heavy atom. The summed E-state index contributed by atoms with van der Waals surface area (Å²) in [5.74, 6) is -1.56. The van der Waals surface area contributed by atoms with E-state index >= 15 is 0 Å². The first-order chi connectivity index (χ1) is 9.57. The van der Waals surface area contributed by atoms with E-state index in [0.717, 1.165) is 24.3 Å². The summed E-state index contributed by atoms with van der Waals surface area (Å²) >= 11 is 3.05. The minimum Gasteiger partial charge on any atom is -0.480 e. The van der Waals surface area contributed by atoms with Crippen molar-refractivity contribution < 1.29 is 27.9 Å². The fraction of sp³-hybridized carbons (Fsp3) is 0.385. The van der Waals surface area contributed by atoms with E-state index in [4.69, 9.17) is 0 Å². The molecule has 0 aliphatic heterocycles. The zero-order valence-corrected chi connectivity index (χ0v) is 12.6. The van der Waals surface area contributed by atoms with Crippen molar-refractivity contribution in [2.75, 3.05) is 6.54 Å². The van der Waals surface area contributed by atoms with Crippen LogP contribution in [0.2, 0.25) is 0 Å². The Morgan fingerprint density at radius 2 is 1.67 bits per heavy atom. The molecule has 1 aromatic rings. The van der Waals surface area contributed by atoms with Gasteiger partial charge in [0.2, 0.25) is 5.91 Å². The largest absolute Gasteiger partial charge is 0.480 e. The quantitative estimate of drug-likeness (QED) is 0.786. The molecule has 1 unspecified atom stereocenters. The van der Waals surface area contributed by atoms with Gasteiger partial charge in [-0.25, -0.2) is 0 Å². The van der Waals surface area contributed by atoms with Gasteiger partial charge in [-0.1, -0.05) is 28.1 Å². The number of carbonyl (C=O) groups excluding carboxylic acids is 1. The zero-order chi connectivity index (χ0) is 16.3. The van der Waals surface area contributed by atoms with Gasteiger partial charge in [-0.05, 0) is 24.1 Å². The number of hydrogen-bond acceptors (Lipinski definition) is 2. The number of alkyl halides is 4. The van der Waals surface area contributed by atoms with Crippen LogP contribution in [0.3, 0.4) is 0 Å². The molecule has 21 heavy (non-hydrogen) atoms. The second kappa shape index (κ2) is 6.46. The maximum Gasteiger partial charge on any atom is 0.416 e. The van der Waals surface area contributed by atoms with Crippen molar-refractivity contribution >= 4 is 27.8 Å². The summed E-state index contributed by atoms with van der Waals surface area (Å²) in [4.78, 5) is 22.2. The topological polar surface area (TPSA) is 66.4 Å². The fourth-order valence-electron chi connectivity index (χ4n) is 1.71. The van der Waals surface area contributed by atoms with E-state index in [1.165, 1.54) is 6.92 Å². The number of halogens is 4. The Bertz CT molecular complexity index is 530. The molecule has 0 aliphatic rings. The highest BCUT2D eigenvalue weighted by Gasteiger charge is 2.38. The Hall–Kier alpha value is -1.57. The standard InChI is InChI=1S/C13H13BrF3NO3/c1-8(19)18-7-6-12(14,11(20)21)9-2-4-10(5-3-9)13(15,16)17/h2-5H,6-7H2,1H3,(H,18,19)(H,20,21). The van der Waals surface area contributed by atoms with Gasteiger partial charge in [0.15, 0.2) is 0 Å². The van der Waals surface area contributed by atoms with Gasteiger partial charge >= 0.3 is 12.1 Å². The maximum atomic E-state index is 12.5. The Morgan fingerprint density at radius 3 is 2.05 bits per heavy atom. The van der Waals surface area contributed by atoms with Gasteiger partial charge in [0.05, 0.1) is 5.56 Å². The Labute approximate surface area is 127 Å². The summed E-state index contributed by atoms with van der Waals surface area (Å²) < 4.78 is 35.9. The molecule has 0 saturated carbocycles. The molecule has 1 aromatic carbocycles. The van der Waals surface area contributed by atoms with Crippen molar-refractivity contribution in [2.45, 2.75) is 23.8 Å². The molecule has 0 heterocycles. The number of rotatable bonds is 5. The molecule has 2 N–H and O–H groups in total. The van der Waals surface area contributed by atoms with Gasteiger partial charge in [-0.15, -0.1) is 0 Å². The second-order valence-corrected chi connectivity index (χ2v) is 5.77. The van der Waals surface area contributed by atoms with Gasteiger partial charge in [-0.3, -0.25) is 9.59 Å². The van der Waals surface area contributed by atoms with Gasteiger partial charge in [0, 0.05) is 13.5 Å². The van der Waals surface area contributed by atoms with Crippen LogP contribution in [0.5, 0.6) is 0 Å². The molecule has 0 bridgehead atoms. The third-order valence-corrected chi connectivity index (χ3v) is 4.05. The average Bonchev–Trinajstić information content (AvgIpc) is 2.37. The van der Waals surface area contributed by atoms with Crippen LogP contribution in [-0.2, 0) is 20.1 Å². The summed E-state index contributed by atoms with van der Waals surface area (Å²) in [6, 6.07) is 3.87. The molecule has 1 atom stereocenters. The van der Waals surface area contributed by atoms with E-state index in [2.05, 4.69) is 21.2 Å². The van der Waals surface area contributed by atoms with Gasteiger partial charge in [0.1, 0.15) is 4.32 Å². The number of benzene rings is 1. The van der Waals surface area contributed by atoms with E-state index in [-0.39, 0.29) is 24.4 Å². The number of hydrogen-bond donors (Lipinski definition) is 2. The molecule has 4 nitrogen and oxygen atoms in total. The van der Waals surface area contributed by atoms with Crippen molar-refractivity contribution in [3.05, 3.63) is 35.4 Å². The number of carboxylic acids is 1. The lowest BCUT2D eigenvalue weighted by atomic mass is 9.94. The van der Waals surface area contributed by atoms with Crippen molar-refractivity contribution in [3.8, 4) is 0 Å². The predicted molar refractivity (Wildman–Crippen MR) is 73.0 cm³/mol. The smallest absolute Gasteiger partial charge is 0.416 e. The molecule has 0 fully saturated rings. The molecule has 0 radical (unpaired) electrons. The number of aliphatic carboxylic acids is 1. The monoisotopic (exact) mass is 367 g/mol. The van der Waals surface area contributed by atoms with Gasteiger partial charge in [-0.2, -0.15) is 13.2 Å². The molecule has 0 saturated heterocycles. The first-order valence-electron chi connectivity index (χ1n) is 5.92. The van der Waals surface area contributed by atoms with E-state index in [0.29, 0.717) is 0 Å². The highest BCUT2D eigenvalue weighted by atomic mass is 79.9. The first-order valence-corrected chi connectivity index (χ1v) is 6.71. The second-order valence-electron chi connectivity index (χ2n) is 4.41. The molecule has 1 rings (SSSR count). The van der Waals surface area contributed by atoms with Crippen molar-refractivity contribution in [1.82, 2.24) is 5.32 Å². The highest BCUT2D eigenvalue weighted by Crippen LogP contribution is 2.37. The van der Waals surface area contributed by atoms with E-state index in [9.17, 15) is 27.9 Å². The molecule has 0 aromatic heterocycles. The number of carbonyl (C=O) groups is 2. The van der Waals surface area contributed by atoms with Crippen molar-refractivity contribution in [1.29, 1.82) is 0 Å². The van der Waals surface area contributed by atoms with E-state index in [1.54, 1.807) is 0 Å². The maximum absolute atomic E-state index is 12.5. The van der Waals surface area contributed by atoms with E-state index < -0.39 is 22.0 Å². The minimum atomic E-state index is -4.48. The van der Waals surface area contributed by atoms with E-state index in [1.807, 2.05) is 0 Å². The predicted octanol–water partition coefficient (Wildman–Crippen LogP) is 2.91. The SMILES string of the molecule is CC(=O)NCCC(Br)(C(=O)O)c1ccc(C(F)(F)F)cc1. The normalized spacial score (nSPS) is 14.3. The summed E-state index contributed by atoms with van der Waals surface area (Å²) in [5, 5.41) is 11.7. The Balaban J connectivity index is 3.00. The van der Waals surface area contributed by atoms with Crippen LogP contribution >= 0.6 is 15.9 Å². The van der Waals surface area contributed by atoms with Crippen LogP contribution in [0.1, 0.15) is 24.5 Å². The van der Waals surface area contributed by atoms with Crippen LogP contribution in [-0.4, -0.2) is 23.5 Å². The lowest BCUT2D eigenvalue weighted by Gasteiger charge is -2.23. The molecule has 0 spiro atoms. The third-order valence-electron chi connectivity index (χ3n) is 2.85. The van der Waals surface area contributed by atoms with Crippen LogP contribution < -0.4 is 5.32 Å². The third kappa shape index (κ3) is 4.45. The summed E-state index contributed by atoms with van der Waals surface area (Å²) in [6.45, 7) is 1.36. The lowest BCUT2D eigenvalue weighted by Crippen LogP contribution is -2.34.